The first-order chi connectivity index (χ1) is 7.98. The van der Waals surface area contributed by atoms with E-state index < -0.39 is 24.2 Å². The van der Waals surface area contributed by atoms with Crippen molar-refractivity contribution in [2.24, 2.45) is 0 Å². The maximum Gasteiger partial charge on any atom is 0.573 e. The third kappa shape index (κ3) is 4.34. The molecule has 0 fully saturated rings. The summed E-state index contributed by atoms with van der Waals surface area (Å²) in [6, 6.07) is 1.64. The average Bonchev–Trinajstić information content (AvgIpc) is 2.07. The Bertz CT molecular complexity index is 412. The smallest absolute Gasteiger partial charge is 0.406 e. The fourth-order valence-electron chi connectivity index (χ4n) is 1.38. The minimum Gasteiger partial charge on any atom is -0.406 e. The second-order valence-corrected chi connectivity index (χ2v) is 3.48. The van der Waals surface area contributed by atoms with Gasteiger partial charge in [0.05, 0.1) is 0 Å². The predicted molar refractivity (Wildman–Crippen MR) is 49.3 cm³/mol. The van der Waals surface area contributed by atoms with E-state index in [0.29, 0.717) is 0 Å². The van der Waals surface area contributed by atoms with E-state index in [1.54, 1.807) is 0 Å². The van der Waals surface area contributed by atoms with Crippen molar-refractivity contribution in [3.8, 4) is 11.5 Å². The van der Waals surface area contributed by atoms with Gasteiger partial charge < -0.3 is 9.47 Å². The van der Waals surface area contributed by atoms with Gasteiger partial charge in [0, 0.05) is 0 Å². The second kappa shape index (κ2) is 4.58. The van der Waals surface area contributed by atoms with Gasteiger partial charge in [0.2, 0.25) is 0 Å². The molecule has 0 amide bonds. The molecule has 0 unspecified atom stereocenters. The number of hydrogen-bond donors (Lipinski definition) is 0. The predicted octanol–water partition coefficient (Wildman–Crippen LogP) is 4.10. The first kappa shape index (κ1) is 14.5. The van der Waals surface area contributed by atoms with Crippen LogP contribution in [0.3, 0.4) is 0 Å². The highest BCUT2D eigenvalue weighted by atomic mass is 19.4. The molecular weight excluding hydrogens is 266 g/mol. The summed E-state index contributed by atoms with van der Waals surface area (Å²) in [5, 5.41) is 0. The quantitative estimate of drug-likeness (QED) is 0.756. The largest absolute Gasteiger partial charge is 0.573 e. The van der Waals surface area contributed by atoms with Crippen molar-refractivity contribution >= 4 is 0 Å². The summed E-state index contributed by atoms with van der Waals surface area (Å²) in [4.78, 5) is 0. The van der Waals surface area contributed by atoms with Crippen molar-refractivity contribution in [1.29, 1.82) is 0 Å². The van der Waals surface area contributed by atoms with Crippen molar-refractivity contribution in [2.75, 3.05) is 0 Å². The van der Waals surface area contributed by atoms with E-state index in [1.165, 1.54) is 13.8 Å². The molecule has 0 spiro atoms. The Morgan fingerprint density at radius 3 is 1.50 bits per heavy atom. The van der Waals surface area contributed by atoms with E-state index in [2.05, 4.69) is 9.47 Å². The number of benzene rings is 1. The summed E-state index contributed by atoms with van der Waals surface area (Å²) in [5.41, 5.74) is -0.210. The van der Waals surface area contributed by atoms with Gasteiger partial charge >= 0.3 is 12.7 Å². The minimum absolute atomic E-state index is 0.105. The highest BCUT2D eigenvalue weighted by Gasteiger charge is 2.34. The SMILES string of the molecule is Cc1cc(OC(F)(F)F)cc(C)c1OC(F)(F)F. The maximum atomic E-state index is 12.0. The Balaban J connectivity index is 3.05. The number of ether oxygens (including phenoxy) is 2. The minimum atomic E-state index is -4.90. The fourth-order valence-corrected chi connectivity index (χ4v) is 1.38. The molecule has 0 atom stereocenters. The standard InChI is InChI=1S/C10H8F6O2/c1-5-3-7(17-9(11,12)13)4-6(2)8(5)18-10(14,15)16/h3-4H,1-2H3. The summed E-state index contributed by atoms with van der Waals surface area (Å²) < 4.78 is 79.3. The lowest BCUT2D eigenvalue weighted by molar-refractivity contribution is -0.277. The van der Waals surface area contributed by atoms with Crippen molar-refractivity contribution in [1.82, 2.24) is 0 Å². The number of aryl methyl sites for hydroxylation is 2. The van der Waals surface area contributed by atoms with Crippen LogP contribution in [0, 0.1) is 13.8 Å². The van der Waals surface area contributed by atoms with E-state index in [0.717, 1.165) is 12.1 Å². The normalized spacial score (nSPS) is 12.4. The number of hydrogen-bond acceptors (Lipinski definition) is 2. The molecule has 0 N–H and O–H groups in total. The van der Waals surface area contributed by atoms with Crippen LogP contribution in [-0.2, 0) is 0 Å². The van der Waals surface area contributed by atoms with E-state index in [9.17, 15) is 26.3 Å². The van der Waals surface area contributed by atoms with E-state index in [4.69, 9.17) is 0 Å². The molecular formula is C10H8F6O2. The molecule has 1 aromatic carbocycles. The van der Waals surface area contributed by atoms with Gasteiger partial charge in [-0.15, -0.1) is 26.3 Å². The molecule has 0 saturated heterocycles. The third-order valence-electron chi connectivity index (χ3n) is 1.89. The van der Waals surface area contributed by atoms with Crippen molar-refractivity contribution in [2.45, 2.75) is 26.6 Å². The summed E-state index contributed by atoms with van der Waals surface area (Å²) in [7, 11) is 0. The molecule has 0 saturated carbocycles. The molecule has 0 aromatic heterocycles. The van der Waals surface area contributed by atoms with Crippen LogP contribution in [0.1, 0.15) is 11.1 Å². The van der Waals surface area contributed by atoms with Crippen molar-refractivity contribution in [3.63, 3.8) is 0 Å². The first-order valence-corrected chi connectivity index (χ1v) is 4.61. The Morgan fingerprint density at radius 1 is 0.778 bits per heavy atom. The van der Waals surface area contributed by atoms with Crippen LogP contribution in [0.5, 0.6) is 11.5 Å². The molecule has 0 aliphatic rings. The highest BCUT2D eigenvalue weighted by Crippen LogP contribution is 2.34. The monoisotopic (exact) mass is 274 g/mol. The molecule has 2 nitrogen and oxygen atoms in total. The number of alkyl halides is 6. The molecule has 0 radical (unpaired) electrons. The zero-order valence-electron chi connectivity index (χ0n) is 9.24. The highest BCUT2D eigenvalue weighted by molar-refractivity contribution is 5.46. The molecule has 0 aliphatic heterocycles. The topological polar surface area (TPSA) is 18.5 Å². The zero-order chi connectivity index (χ0) is 14.1. The van der Waals surface area contributed by atoms with Gasteiger partial charge in [-0.3, -0.25) is 0 Å². The van der Waals surface area contributed by atoms with Gasteiger partial charge in [0.25, 0.3) is 0 Å². The fraction of sp³-hybridized carbons (Fsp3) is 0.400. The van der Waals surface area contributed by atoms with Gasteiger partial charge in [-0.25, -0.2) is 0 Å². The lowest BCUT2D eigenvalue weighted by Gasteiger charge is -2.16. The Hall–Kier alpha value is -1.60. The van der Waals surface area contributed by atoms with Crippen molar-refractivity contribution < 1.29 is 35.8 Å². The molecule has 18 heavy (non-hydrogen) atoms. The second-order valence-electron chi connectivity index (χ2n) is 3.48. The lowest BCUT2D eigenvalue weighted by atomic mass is 10.1. The van der Waals surface area contributed by atoms with E-state index in [1.807, 2.05) is 0 Å². The Morgan fingerprint density at radius 2 is 1.17 bits per heavy atom. The maximum absolute atomic E-state index is 12.0. The van der Waals surface area contributed by atoms with Crippen LogP contribution in [0.15, 0.2) is 12.1 Å². The Kier molecular flexibility index (Phi) is 3.68. The molecule has 102 valence electrons. The van der Waals surface area contributed by atoms with Gasteiger partial charge in [-0.1, -0.05) is 0 Å². The summed E-state index contributed by atoms with van der Waals surface area (Å²) in [6.45, 7) is 2.38. The third-order valence-corrected chi connectivity index (χ3v) is 1.89. The van der Waals surface area contributed by atoms with Gasteiger partial charge in [-0.05, 0) is 37.1 Å². The molecule has 1 aromatic rings. The van der Waals surface area contributed by atoms with Crippen LogP contribution in [0.25, 0.3) is 0 Å². The number of halogens is 6. The summed E-state index contributed by atoms with van der Waals surface area (Å²) in [6.07, 6.45) is -9.80. The van der Waals surface area contributed by atoms with Crippen LogP contribution in [0.2, 0.25) is 0 Å². The number of rotatable bonds is 2. The summed E-state index contributed by atoms with van der Waals surface area (Å²) >= 11 is 0. The molecule has 8 heteroatoms. The van der Waals surface area contributed by atoms with Gasteiger partial charge in [0.15, 0.2) is 0 Å². The molecule has 1 rings (SSSR count). The Labute approximate surface area is 98.1 Å². The molecule has 0 heterocycles. The molecule has 0 aliphatic carbocycles. The van der Waals surface area contributed by atoms with Crippen LogP contribution >= 0.6 is 0 Å². The van der Waals surface area contributed by atoms with Gasteiger partial charge in [-0.2, -0.15) is 0 Å². The average molecular weight is 274 g/mol. The van der Waals surface area contributed by atoms with Crippen molar-refractivity contribution in [3.05, 3.63) is 23.3 Å². The zero-order valence-corrected chi connectivity index (χ0v) is 9.24. The first-order valence-electron chi connectivity index (χ1n) is 4.61. The van der Waals surface area contributed by atoms with E-state index >= 15 is 0 Å². The van der Waals surface area contributed by atoms with Crippen LogP contribution in [0.4, 0.5) is 26.3 Å². The van der Waals surface area contributed by atoms with Crippen LogP contribution in [-0.4, -0.2) is 12.7 Å². The molecule has 0 bridgehead atoms. The lowest BCUT2D eigenvalue weighted by Crippen LogP contribution is -2.19. The van der Waals surface area contributed by atoms with E-state index in [-0.39, 0.29) is 11.1 Å². The van der Waals surface area contributed by atoms with Gasteiger partial charge in [0.1, 0.15) is 11.5 Å². The summed E-state index contributed by atoms with van der Waals surface area (Å²) in [5.74, 6) is -1.12. The van der Waals surface area contributed by atoms with Crippen LogP contribution < -0.4 is 9.47 Å².